The lowest BCUT2D eigenvalue weighted by molar-refractivity contribution is -0.198. The predicted molar refractivity (Wildman–Crippen MR) is 117 cm³/mol. The van der Waals surface area contributed by atoms with E-state index in [1.165, 1.54) is 56.6 Å². The van der Waals surface area contributed by atoms with Gasteiger partial charge >= 0.3 is 0 Å². The summed E-state index contributed by atoms with van der Waals surface area (Å²) in [6.45, 7) is 3.18. The fourth-order valence-electron chi connectivity index (χ4n) is 3.70. The monoisotopic (exact) mass is 431 g/mol. The molecule has 2 atom stereocenters. The highest BCUT2D eigenvalue weighted by Gasteiger charge is 2.18. The first kappa shape index (κ1) is 23.1. The number of carbonyl (C=O) groups excluding carboxylic acids is 2. The molecule has 0 bridgehead atoms. The quantitative estimate of drug-likeness (QED) is 0.407. The Morgan fingerprint density at radius 2 is 1.97 bits per heavy atom. The second-order valence-corrected chi connectivity index (χ2v) is 8.16. The maximum Gasteiger partial charge on any atom is 0.267 e. The van der Waals surface area contributed by atoms with Gasteiger partial charge in [-0.2, -0.15) is 0 Å². The number of anilines is 1. The van der Waals surface area contributed by atoms with Crippen LogP contribution in [-0.2, 0) is 19.2 Å². The highest BCUT2D eigenvalue weighted by Crippen LogP contribution is 2.22. The normalized spacial score (nSPS) is 20.9. The second-order valence-electron chi connectivity index (χ2n) is 8.16. The summed E-state index contributed by atoms with van der Waals surface area (Å²) in [5.74, 6) is 0.643. The molecule has 9 heteroatoms. The van der Waals surface area contributed by atoms with E-state index in [1.807, 2.05) is 0 Å². The van der Waals surface area contributed by atoms with Gasteiger partial charge in [-0.15, -0.1) is 0 Å². The van der Waals surface area contributed by atoms with E-state index in [-0.39, 0.29) is 5.91 Å². The largest absolute Gasteiger partial charge is 0.357 e. The van der Waals surface area contributed by atoms with Gasteiger partial charge in [0, 0.05) is 25.6 Å². The van der Waals surface area contributed by atoms with Gasteiger partial charge in [-0.05, 0) is 44.6 Å². The first-order valence-corrected chi connectivity index (χ1v) is 11.2. The molecule has 1 aliphatic carbocycles. The van der Waals surface area contributed by atoms with Crippen LogP contribution in [0.15, 0.2) is 18.5 Å². The van der Waals surface area contributed by atoms with Crippen LogP contribution in [0.1, 0.15) is 64.0 Å². The van der Waals surface area contributed by atoms with Crippen LogP contribution in [0.3, 0.4) is 0 Å². The van der Waals surface area contributed by atoms with Gasteiger partial charge in [-0.25, -0.2) is 15.3 Å². The Morgan fingerprint density at radius 1 is 1.16 bits per heavy atom. The smallest absolute Gasteiger partial charge is 0.267 e. The topological polar surface area (TPSA) is 114 Å². The molecule has 2 amide bonds. The fraction of sp³-hybridized carbons (Fsp3) is 0.636. The van der Waals surface area contributed by atoms with E-state index in [9.17, 15) is 9.59 Å². The molecule has 1 saturated carbocycles. The summed E-state index contributed by atoms with van der Waals surface area (Å²) in [5, 5.41) is 6.08. The predicted octanol–water partition coefficient (Wildman–Crippen LogP) is 2.56. The third-order valence-electron chi connectivity index (χ3n) is 5.55. The summed E-state index contributed by atoms with van der Waals surface area (Å²) in [4.78, 5) is 37.9. The lowest BCUT2D eigenvalue weighted by Gasteiger charge is -2.23. The summed E-state index contributed by atoms with van der Waals surface area (Å²) >= 11 is 0. The SMILES string of the molecule is C[C@@H](Nc1cnc(C=CC(=O)NOC2CCCCO2)cn1)C(=O)NCC1CCCCC1. The zero-order valence-electron chi connectivity index (χ0n) is 18.1. The van der Waals surface area contributed by atoms with Gasteiger partial charge < -0.3 is 15.4 Å². The number of amides is 2. The minimum Gasteiger partial charge on any atom is -0.357 e. The van der Waals surface area contributed by atoms with Gasteiger partial charge in [-0.3, -0.25) is 14.6 Å². The number of aromatic nitrogens is 2. The molecule has 1 aromatic heterocycles. The Balaban J connectivity index is 1.37. The number of hydrogen-bond donors (Lipinski definition) is 3. The van der Waals surface area contributed by atoms with Crippen molar-refractivity contribution in [1.82, 2.24) is 20.8 Å². The van der Waals surface area contributed by atoms with Crippen LogP contribution in [0.5, 0.6) is 0 Å². The van der Waals surface area contributed by atoms with Gasteiger partial charge in [0.2, 0.25) is 5.91 Å². The Kier molecular flexibility index (Phi) is 9.23. The van der Waals surface area contributed by atoms with Crippen LogP contribution >= 0.6 is 0 Å². The summed E-state index contributed by atoms with van der Waals surface area (Å²) in [6, 6.07) is -0.413. The lowest BCUT2D eigenvalue weighted by atomic mass is 9.89. The van der Waals surface area contributed by atoms with E-state index in [0.29, 0.717) is 24.0 Å². The molecule has 2 fully saturated rings. The summed E-state index contributed by atoms with van der Waals surface area (Å²) < 4.78 is 5.38. The van der Waals surface area contributed by atoms with Crippen molar-refractivity contribution in [3.05, 3.63) is 24.2 Å². The van der Waals surface area contributed by atoms with E-state index in [1.54, 1.807) is 6.92 Å². The zero-order chi connectivity index (χ0) is 21.9. The van der Waals surface area contributed by atoms with Crippen molar-refractivity contribution in [3.8, 4) is 0 Å². The van der Waals surface area contributed by atoms with Crippen LogP contribution in [0.4, 0.5) is 5.82 Å². The third-order valence-corrected chi connectivity index (χ3v) is 5.55. The zero-order valence-corrected chi connectivity index (χ0v) is 18.1. The van der Waals surface area contributed by atoms with Gasteiger partial charge in [0.05, 0.1) is 18.1 Å². The van der Waals surface area contributed by atoms with Crippen molar-refractivity contribution in [2.24, 2.45) is 5.92 Å². The molecule has 1 aliphatic heterocycles. The second kappa shape index (κ2) is 12.4. The van der Waals surface area contributed by atoms with Crippen molar-refractivity contribution in [2.75, 3.05) is 18.5 Å². The summed E-state index contributed by atoms with van der Waals surface area (Å²) in [6.07, 6.45) is 14.6. The minimum atomic E-state index is -0.413. The molecule has 2 aliphatic rings. The molecule has 1 aromatic rings. The van der Waals surface area contributed by atoms with Crippen LogP contribution in [0.25, 0.3) is 6.08 Å². The van der Waals surface area contributed by atoms with Crippen molar-refractivity contribution in [2.45, 2.75) is 70.6 Å². The summed E-state index contributed by atoms with van der Waals surface area (Å²) in [7, 11) is 0. The van der Waals surface area contributed by atoms with Crippen molar-refractivity contribution in [1.29, 1.82) is 0 Å². The molecule has 170 valence electrons. The molecule has 0 radical (unpaired) electrons. The van der Waals surface area contributed by atoms with E-state index in [2.05, 4.69) is 26.1 Å². The highest BCUT2D eigenvalue weighted by atomic mass is 16.8. The van der Waals surface area contributed by atoms with Crippen molar-refractivity contribution in [3.63, 3.8) is 0 Å². The highest BCUT2D eigenvalue weighted by molar-refractivity contribution is 5.90. The van der Waals surface area contributed by atoms with Crippen LogP contribution < -0.4 is 16.1 Å². The van der Waals surface area contributed by atoms with Crippen LogP contribution in [0.2, 0.25) is 0 Å². The molecule has 3 N–H and O–H groups in total. The van der Waals surface area contributed by atoms with Crippen LogP contribution in [-0.4, -0.2) is 47.3 Å². The first-order chi connectivity index (χ1) is 15.1. The number of nitrogens with zero attached hydrogens (tertiary/aromatic N) is 2. The maximum atomic E-state index is 12.3. The molecular formula is C22H33N5O4. The number of nitrogens with one attached hydrogen (secondary N) is 3. The molecule has 2 heterocycles. The standard InChI is InChI=1S/C22H33N5O4/c1-16(22(29)25-13-17-7-3-2-4-8-17)26-19-15-23-18(14-24-19)10-11-20(28)27-31-21-9-5-6-12-30-21/h10-11,14-17,21H,2-9,12-13H2,1H3,(H,24,26)(H,25,29)(H,27,28)/t16-,21?/m1/s1. The first-order valence-electron chi connectivity index (χ1n) is 11.2. The average Bonchev–Trinajstić information content (AvgIpc) is 2.82. The number of rotatable bonds is 9. The van der Waals surface area contributed by atoms with Crippen molar-refractivity contribution >= 4 is 23.7 Å². The van der Waals surface area contributed by atoms with E-state index >= 15 is 0 Å². The molecular weight excluding hydrogens is 398 g/mol. The minimum absolute atomic E-state index is 0.0463. The Hall–Kier alpha value is -2.52. The van der Waals surface area contributed by atoms with Crippen molar-refractivity contribution < 1.29 is 19.2 Å². The van der Waals surface area contributed by atoms with Gasteiger partial charge in [0.15, 0.2) is 6.29 Å². The Bertz CT molecular complexity index is 728. The van der Waals surface area contributed by atoms with E-state index in [4.69, 9.17) is 9.57 Å². The van der Waals surface area contributed by atoms with E-state index in [0.717, 1.165) is 25.8 Å². The Labute approximate surface area is 183 Å². The van der Waals surface area contributed by atoms with Gasteiger partial charge in [0.1, 0.15) is 11.9 Å². The fourth-order valence-corrected chi connectivity index (χ4v) is 3.70. The number of carbonyl (C=O) groups is 2. The summed E-state index contributed by atoms with van der Waals surface area (Å²) in [5.41, 5.74) is 2.87. The third kappa shape index (κ3) is 8.26. The number of hydroxylamine groups is 1. The molecule has 9 nitrogen and oxygen atoms in total. The van der Waals surface area contributed by atoms with Gasteiger partial charge in [0.25, 0.3) is 5.91 Å². The number of hydrogen-bond acceptors (Lipinski definition) is 7. The number of ether oxygens (including phenoxy) is 1. The molecule has 1 unspecified atom stereocenters. The van der Waals surface area contributed by atoms with Gasteiger partial charge in [-0.1, -0.05) is 19.3 Å². The lowest BCUT2D eigenvalue weighted by Crippen LogP contribution is -2.40. The molecule has 31 heavy (non-hydrogen) atoms. The molecule has 0 spiro atoms. The molecule has 1 saturated heterocycles. The average molecular weight is 432 g/mol. The Morgan fingerprint density at radius 3 is 2.68 bits per heavy atom. The van der Waals surface area contributed by atoms with E-state index < -0.39 is 18.2 Å². The van der Waals surface area contributed by atoms with Crippen LogP contribution in [0, 0.1) is 5.92 Å². The maximum absolute atomic E-state index is 12.3. The molecule has 0 aromatic carbocycles. The molecule has 3 rings (SSSR count).